The van der Waals surface area contributed by atoms with Crippen molar-refractivity contribution in [1.29, 1.82) is 0 Å². The maximum absolute atomic E-state index is 11.7. The molecule has 2 unspecified atom stereocenters. The Morgan fingerprint density at radius 2 is 2.06 bits per heavy atom. The third-order valence-electron chi connectivity index (χ3n) is 2.82. The molecule has 1 aliphatic rings. The Morgan fingerprint density at radius 1 is 1.41 bits per heavy atom. The van der Waals surface area contributed by atoms with Gasteiger partial charge in [-0.05, 0) is 39.0 Å². The molecule has 0 aromatic rings. The molecule has 0 aromatic heterocycles. The minimum Gasteiger partial charge on any atom is -0.444 e. The van der Waals surface area contributed by atoms with Crippen LogP contribution < -0.4 is 10.6 Å². The zero-order valence-electron chi connectivity index (χ0n) is 11.7. The Morgan fingerprint density at radius 3 is 2.59 bits per heavy atom. The van der Waals surface area contributed by atoms with Crippen molar-refractivity contribution in [2.24, 2.45) is 11.8 Å². The van der Waals surface area contributed by atoms with Crippen molar-refractivity contribution < 1.29 is 9.53 Å². The molecule has 0 radical (unpaired) electrons. The van der Waals surface area contributed by atoms with Gasteiger partial charge in [-0.1, -0.05) is 13.8 Å². The van der Waals surface area contributed by atoms with E-state index in [2.05, 4.69) is 24.5 Å². The molecule has 0 saturated carbocycles. The molecule has 0 bridgehead atoms. The number of rotatable bonds is 3. The zero-order chi connectivity index (χ0) is 13.1. The quantitative estimate of drug-likeness (QED) is 0.797. The predicted molar refractivity (Wildman–Crippen MR) is 69.0 cm³/mol. The Kier molecular flexibility index (Phi) is 4.80. The van der Waals surface area contributed by atoms with Crippen molar-refractivity contribution in [1.82, 2.24) is 10.6 Å². The van der Waals surface area contributed by atoms with Gasteiger partial charge >= 0.3 is 6.09 Å². The lowest BCUT2D eigenvalue weighted by Gasteiger charge is -2.24. The Balaban J connectivity index is 2.42. The molecule has 2 atom stereocenters. The van der Waals surface area contributed by atoms with Crippen LogP contribution in [-0.2, 0) is 4.74 Å². The number of carbonyl (C=O) groups is 1. The molecule has 2 N–H and O–H groups in total. The van der Waals surface area contributed by atoms with Crippen LogP contribution in [0.3, 0.4) is 0 Å². The predicted octanol–water partition coefficient (Wildman–Crippen LogP) is 2.15. The van der Waals surface area contributed by atoms with E-state index in [1.807, 2.05) is 20.8 Å². The summed E-state index contributed by atoms with van der Waals surface area (Å²) in [6, 6.07) is 0.201. The highest BCUT2D eigenvalue weighted by Crippen LogP contribution is 2.19. The highest BCUT2D eigenvalue weighted by molar-refractivity contribution is 5.68. The van der Waals surface area contributed by atoms with Gasteiger partial charge < -0.3 is 15.4 Å². The third-order valence-corrected chi connectivity index (χ3v) is 2.82. The first-order valence-electron chi connectivity index (χ1n) is 6.48. The van der Waals surface area contributed by atoms with Gasteiger partial charge in [-0.2, -0.15) is 0 Å². The van der Waals surface area contributed by atoms with Gasteiger partial charge in [0.1, 0.15) is 5.60 Å². The summed E-state index contributed by atoms with van der Waals surface area (Å²) in [7, 11) is 0. The second-order valence-electron chi connectivity index (χ2n) is 6.30. The molecular formula is C13H26N2O2. The van der Waals surface area contributed by atoms with Crippen molar-refractivity contribution in [2.45, 2.75) is 52.7 Å². The standard InChI is InChI=1S/C13H26N2O2/c1-9(2)6-10-7-14-8-11(10)15-12(16)17-13(3,4)5/h9-11,14H,6-8H2,1-5H3,(H,15,16). The molecule has 0 spiro atoms. The normalized spacial score (nSPS) is 25.1. The van der Waals surface area contributed by atoms with Gasteiger partial charge in [-0.3, -0.25) is 0 Å². The number of carbonyl (C=O) groups excluding carboxylic acids is 1. The molecule has 1 aliphatic heterocycles. The highest BCUT2D eigenvalue weighted by atomic mass is 16.6. The number of hydrogen-bond donors (Lipinski definition) is 2. The van der Waals surface area contributed by atoms with Gasteiger partial charge in [0.2, 0.25) is 0 Å². The molecule has 0 aliphatic carbocycles. The van der Waals surface area contributed by atoms with E-state index in [4.69, 9.17) is 4.74 Å². The molecule has 1 amide bonds. The third kappa shape index (κ3) is 5.39. The summed E-state index contributed by atoms with van der Waals surface area (Å²) in [4.78, 5) is 11.7. The number of nitrogens with one attached hydrogen (secondary N) is 2. The minimum absolute atomic E-state index is 0.201. The van der Waals surface area contributed by atoms with Crippen molar-refractivity contribution in [3.63, 3.8) is 0 Å². The van der Waals surface area contributed by atoms with Crippen LogP contribution in [0.2, 0.25) is 0 Å². The number of ether oxygens (including phenoxy) is 1. The first kappa shape index (κ1) is 14.3. The first-order chi connectivity index (χ1) is 7.78. The van der Waals surface area contributed by atoms with Crippen molar-refractivity contribution in [3.05, 3.63) is 0 Å². The monoisotopic (exact) mass is 242 g/mol. The van der Waals surface area contributed by atoms with Crippen LogP contribution in [0.5, 0.6) is 0 Å². The van der Waals surface area contributed by atoms with Crippen LogP contribution in [0.15, 0.2) is 0 Å². The van der Waals surface area contributed by atoms with Crippen LogP contribution >= 0.6 is 0 Å². The second-order valence-corrected chi connectivity index (χ2v) is 6.30. The molecule has 1 saturated heterocycles. The second kappa shape index (κ2) is 5.71. The fraction of sp³-hybridized carbons (Fsp3) is 0.923. The molecule has 1 rings (SSSR count). The largest absolute Gasteiger partial charge is 0.444 e. The molecule has 4 nitrogen and oxygen atoms in total. The van der Waals surface area contributed by atoms with E-state index in [0.717, 1.165) is 19.5 Å². The molecule has 4 heteroatoms. The SMILES string of the molecule is CC(C)CC1CNCC1NC(=O)OC(C)(C)C. The van der Waals surface area contributed by atoms with Crippen molar-refractivity contribution in [2.75, 3.05) is 13.1 Å². The van der Waals surface area contributed by atoms with Gasteiger partial charge in [0.25, 0.3) is 0 Å². The minimum atomic E-state index is -0.427. The number of hydrogen-bond acceptors (Lipinski definition) is 3. The van der Waals surface area contributed by atoms with Crippen molar-refractivity contribution >= 4 is 6.09 Å². The fourth-order valence-corrected chi connectivity index (χ4v) is 2.21. The molecule has 1 fully saturated rings. The van der Waals surface area contributed by atoms with Gasteiger partial charge in [0, 0.05) is 19.1 Å². The van der Waals surface area contributed by atoms with Crippen LogP contribution in [0.4, 0.5) is 4.79 Å². The topological polar surface area (TPSA) is 50.4 Å². The molecule has 17 heavy (non-hydrogen) atoms. The van der Waals surface area contributed by atoms with Gasteiger partial charge in [-0.15, -0.1) is 0 Å². The molecule has 0 aromatic carbocycles. The maximum Gasteiger partial charge on any atom is 0.407 e. The Hall–Kier alpha value is -0.770. The first-order valence-corrected chi connectivity index (χ1v) is 6.48. The van der Waals surface area contributed by atoms with Crippen LogP contribution in [0.1, 0.15) is 41.0 Å². The van der Waals surface area contributed by atoms with Gasteiger partial charge in [0.05, 0.1) is 0 Å². The summed E-state index contributed by atoms with van der Waals surface area (Å²) >= 11 is 0. The average Bonchev–Trinajstić information content (AvgIpc) is 2.47. The van der Waals surface area contributed by atoms with Crippen LogP contribution in [-0.4, -0.2) is 30.8 Å². The van der Waals surface area contributed by atoms with Gasteiger partial charge in [0.15, 0.2) is 0 Å². The summed E-state index contributed by atoms with van der Waals surface area (Å²) in [5.74, 6) is 1.17. The van der Waals surface area contributed by atoms with Crippen LogP contribution in [0, 0.1) is 11.8 Å². The van der Waals surface area contributed by atoms with Gasteiger partial charge in [-0.25, -0.2) is 4.79 Å². The van der Waals surface area contributed by atoms with E-state index in [0.29, 0.717) is 11.8 Å². The average molecular weight is 242 g/mol. The van der Waals surface area contributed by atoms with E-state index in [9.17, 15) is 4.79 Å². The van der Waals surface area contributed by atoms with E-state index < -0.39 is 5.60 Å². The zero-order valence-corrected chi connectivity index (χ0v) is 11.7. The lowest BCUT2D eigenvalue weighted by molar-refractivity contribution is 0.0494. The molecule has 100 valence electrons. The van der Waals surface area contributed by atoms with E-state index in [-0.39, 0.29) is 12.1 Å². The lowest BCUT2D eigenvalue weighted by Crippen LogP contribution is -2.43. The Labute approximate surface area is 104 Å². The highest BCUT2D eigenvalue weighted by Gasteiger charge is 2.30. The summed E-state index contributed by atoms with van der Waals surface area (Å²) in [6.07, 6.45) is 0.827. The number of alkyl carbamates (subject to hydrolysis) is 1. The van der Waals surface area contributed by atoms with E-state index in [1.54, 1.807) is 0 Å². The fourth-order valence-electron chi connectivity index (χ4n) is 2.21. The molecular weight excluding hydrogens is 216 g/mol. The summed E-state index contributed by atoms with van der Waals surface area (Å²) < 4.78 is 5.28. The summed E-state index contributed by atoms with van der Waals surface area (Å²) in [5, 5.41) is 6.29. The number of amides is 1. The molecule has 1 heterocycles. The summed E-state index contributed by atoms with van der Waals surface area (Å²) in [5.41, 5.74) is -0.427. The van der Waals surface area contributed by atoms with Crippen LogP contribution in [0.25, 0.3) is 0 Å². The Bertz CT molecular complexity index is 259. The van der Waals surface area contributed by atoms with E-state index >= 15 is 0 Å². The van der Waals surface area contributed by atoms with E-state index in [1.165, 1.54) is 0 Å². The summed E-state index contributed by atoms with van der Waals surface area (Å²) in [6.45, 7) is 11.9. The smallest absolute Gasteiger partial charge is 0.407 e. The van der Waals surface area contributed by atoms with Crippen molar-refractivity contribution in [3.8, 4) is 0 Å². The lowest BCUT2D eigenvalue weighted by atomic mass is 9.93. The maximum atomic E-state index is 11.7.